The molecule has 0 aliphatic rings. The van der Waals surface area contributed by atoms with Crippen molar-refractivity contribution in [2.45, 2.75) is 6.92 Å². The quantitative estimate of drug-likeness (QED) is 0.617. The number of hydrogen-bond acceptors (Lipinski definition) is 3. The summed E-state index contributed by atoms with van der Waals surface area (Å²) in [5.41, 5.74) is 3.12. The van der Waals surface area contributed by atoms with Crippen LogP contribution >= 0.6 is 22.9 Å². The minimum absolute atomic E-state index is 0.724. The van der Waals surface area contributed by atoms with Crippen LogP contribution in [0.25, 0.3) is 11.3 Å². The van der Waals surface area contributed by atoms with Gasteiger partial charge in [0.1, 0.15) is 0 Å². The van der Waals surface area contributed by atoms with Crippen molar-refractivity contribution in [2.24, 2.45) is 10.1 Å². The highest BCUT2D eigenvalue weighted by molar-refractivity contribution is 7.07. The zero-order chi connectivity index (χ0) is 16.1. The molecule has 0 aliphatic heterocycles. The molecule has 116 valence electrons. The maximum Gasteiger partial charge on any atom is 0.206 e. The van der Waals surface area contributed by atoms with Gasteiger partial charge in [0.15, 0.2) is 0 Å². The molecule has 1 heterocycles. The zero-order valence-corrected chi connectivity index (χ0v) is 14.3. The van der Waals surface area contributed by atoms with Crippen LogP contribution in [0.1, 0.15) is 12.5 Å². The first-order valence-corrected chi connectivity index (χ1v) is 8.60. The van der Waals surface area contributed by atoms with Crippen LogP contribution in [0.5, 0.6) is 0 Å². The maximum atomic E-state index is 5.98. The van der Waals surface area contributed by atoms with Gasteiger partial charge in [0.2, 0.25) is 4.80 Å². The smallest absolute Gasteiger partial charge is 0.206 e. The highest BCUT2D eigenvalue weighted by atomic mass is 35.5. The standard InChI is InChI=1S/C18H16ClN3S/c1-2-20-18-22(21-12-14-6-4-3-5-7-14)17(13-23-18)15-8-10-16(19)11-9-15/h3-13H,2H2,1H3. The minimum Gasteiger partial charge on any atom is -0.258 e. The van der Waals surface area contributed by atoms with Gasteiger partial charge >= 0.3 is 0 Å². The molecule has 1 aromatic heterocycles. The molecule has 2 aromatic carbocycles. The topological polar surface area (TPSA) is 29.6 Å². The third-order valence-corrected chi connectivity index (χ3v) is 4.35. The highest BCUT2D eigenvalue weighted by Gasteiger charge is 2.07. The van der Waals surface area contributed by atoms with Gasteiger partial charge in [-0.2, -0.15) is 5.10 Å². The fraction of sp³-hybridized carbons (Fsp3) is 0.111. The third kappa shape index (κ3) is 3.78. The molecule has 0 aliphatic carbocycles. The van der Waals surface area contributed by atoms with Crippen LogP contribution in [0.15, 0.2) is 70.1 Å². The van der Waals surface area contributed by atoms with E-state index < -0.39 is 0 Å². The van der Waals surface area contributed by atoms with E-state index in [1.807, 2.05) is 72.4 Å². The van der Waals surface area contributed by atoms with E-state index in [4.69, 9.17) is 11.6 Å². The summed E-state index contributed by atoms with van der Waals surface area (Å²) in [5.74, 6) is 0. The molecule has 0 atom stereocenters. The Balaban J connectivity index is 2.06. The van der Waals surface area contributed by atoms with Crippen LogP contribution in [0, 0.1) is 0 Å². The van der Waals surface area contributed by atoms with Crippen LogP contribution in [-0.4, -0.2) is 17.4 Å². The largest absolute Gasteiger partial charge is 0.258 e. The van der Waals surface area contributed by atoms with Crippen molar-refractivity contribution in [1.82, 2.24) is 4.68 Å². The van der Waals surface area contributed by atoms with Crippen molar-refractivity contribution in [2.75, 3.05) is 6.54 Å². The molecule has 23 heavy (non-hydrogen) atoms. The molecule has 0 bridgehead atoms. The average Bonchev–Trinajstić information content (AvgIpc) is 2.98. The number of rotatable bonds is 4. The van der Waals surface area contributed by atoms with Crippen LogP contribution in [0.2, 0.25) is 5.02 Å². The van der Waals surface area contributed by atoms with Crippen LogP contribution in [0.4, 0.5) is 0 Å². The monoisotopic (exact) mass is 341 g/mol. The Hall–Kier alpha value is -2.17. The second-order valence-corrected chi connectivity index (χ2v) is 6.12. The van der Waals surface area contributed by atoms with Gasteiger partial charge in [-0.05, 0) is 24.6 Å². The van der Waals surface area contributed by atoms with Gasteiger partial charge in [-0.15, -0.1) is 11.3 Å². The summed E-state index contributed by atoms with van der Waals surface area (Å²) < 4.78 is 1.88. The number of halogens is 1. The van der Waals surface area contributed by atoms with Crippen molar-refractivity contribution in [3.8, 4) is 11.3 Å². The van der Waals surface area contributed by atoms with E-state index in [1.165, 1.54) is 0 Å². The number of aromatic nitrogens is 1. The van der Waals surface area contributed by atoms with Crippen molar-refractivity contribution >= 4 is 29.2 Å². The Morgan fingerprint density at radius 1 is 1.09 bits per heavy atom. The van der Waals surface area contributed by atoms with Gasteiger partial charge in [-0.25, -0.2) is 4.68 Å². The first kappa shape index (κ1) is 15.7. The number of hydrogen-bond donors (Lipinski definition) is 0. The normalized spacial score (nSPS) is 12.2. The molecule has 0 saturated carbocycles. The summed E-state index contributed by atoms with van der Waals surface area (Å²) >= 11 is 7.57. The van der Waals surface area contributed by atoms with Crippen molar-refractivity contribution in [3.63, 3.8) is 0 Å². The van der Waals surface area contributed by atoms with Gasteiger partial charge in [0.05, 0.1) is 11.9 Å². The van der Waals surface area contributed by atoms with E-state index in [-0.39, 0.29) is 0 Å². The predicted octanol–water partition coefficient (Wildman–Crippen LogP) is 4.67. The van der Waals surface area contributed by atoms with E-state index in [1.54, 1.807) is 11.3 Å². The minimum atomic E-state index is 0.724. The second-order valence-electron chi connectivity index (χ2n) is 4.85. The van der Waals surface area contributed by atoms with Crippen LogP contribution in [0.3, 0.4) is 0 Å². The Labute approximate surface area is 144 Å². The Kier molecular flexibility index (Phi) is 5.05. The van der Waals surface area contributed by atoms with Crippen LogP contribution in [-0.2, 0) is 0 Å². The lowest BCUT2D eigenvalue weighted by molar-refractivity contribution is 0.833. The summed E-state index contributed by atoms with van der Waals surface area (Å²) in [7, 11) is 0. The molecule has 3 rings (SSSR count). The fourth-order valence-electron chi connectivity index (χ4n) is 2.14. The molecule has 0 N–H and O–H groups in total. The predicted molar refractivity (Wildman–Crippen MR) is 98.3 cm³/mol. The van der Waals surface area contributed by atoms with Gasteiger partial charge in [-0.3, -0.25) is 4.99 Å². The molecule has 3 nitrogen and oxygen atoms in total. The van der Waals surface area contributed by atoms with Crippen molar-refractivity contribution in [1.29, 1.82) is 0 Å². The zero-order valence-electron chi connectivity index (χ0n) is 12.7. The third-order valence-electron chi connectivity index (χ3n) is 3.24. The van der Waals surface area contributed by atoms with Gasteiger partial charge in [-0.1, -0.05) is 54.1 Å². The second kappa shape index (κ2) is 7.40. The summed E-state index contributed by atoms with van der Waals surface area (Å²) in [6, 6.07) is 17.8. The molecule has 5 heteroatoms. The van der Waals surface area contributed by atoms with Gasteiger partial charge in [0.25, 0.3) is 0 Å². The van der Waals surface area contributed by atoms with E-state index in [9.17, 15) is 0 Å². The molecule has 0 amide bonds. The number of nitrogens with zero attached hydrogens (tertiary/aromatic N) is 3. The first-order chi connectivity index (χ1) is 11.3. The Bertz CT molecular complexity index is 861. The molecule has 0 unspecified atom stereocenters. The van der Waals surface area contributed by atoms with Gasteiger partial charge in [0, 0.05) is 22.5 Å². The summed E-state index contributed by atoms with van der Waals surface area (Å²) in [5, 5.41) is 7.42. The highest BCUT2D eigenvalue weighted by Crippen LogP contribution is 2.22. The van der Waals surface area contributed by atoms with E-state index in [2.05, 4.69) is 15.5 Å². The molecule has 0 radical (unpaired) electrons. The number of benzene rings is 2. The fourth-order valence-corrected chi connectivity index (χ4v) is 3.16. The molecular formula is C18H16ClN3S. The first-order valence-electron chi connectivity index (χ1n) is 7.34. The summed E-state index contributed by atoms with van der Waals surface area (Å²) in [4.78, 5) is 5.40. The Morgan fingerprint density at radius 3 is 2.52 bits per heavy atom. The van der Waals surface area contributed by atoms with E-state index in [0.29, 0.717) is 0 Å². The van der Waals surface area contributed by atoms with E-state index in [0.717, 1.165) is 33.2 Å². The van der Waals surface area contributed by atoms with E-state index >= 15 is 0 Å². The lowest BCUT2D eigenvalue weighted by Gasteiger charge is -2.03. The molecule has 3 aromatic rings. The van der Waals surface area contributed by atoms with Crippen LogP contribution < -0.4 is 4.80 Å². The average molecular weight is 342 g/mol. The lowest BCUT2D eigenvalue weighted by Crippen LogP contribution is -2.12. The SMILES string of the molecule is CCN=c1scc(-c2ccc(Cl)cc2)n1N=Cc1ccccc1. The number of thiazole rings is 1. The molecular weight excluding hydrogens is 326 g/mol. The van der Waals surface area contributed by atoms with Crippen molar-refractivity contribution < 1.29 is 0 Å². The van der Waals surface area contributed by atoms with Gasteiger partial charge < -0.3 is 0 Å². The molecule has 0 fully saturated rings. The lowest BCUT2D eigenvalue weighted by atomic mass is 10.2. The van der Waals surface area contributed by atoms with Crippen molar-refractivity contribution in [3.05, 3.63) is 75.4 Å². The molecule has 0 spiro atoms. The maximum absolute atomic E-state index is 5.98. The molecule has 0 saturated heterocycles. The summed E-state index contributed by atoms with van der Waals surface area (Å²) in [6.07, 6.45) is 1.85. The summed E-state index contributed by atoms with van der Waals surface area (Å²) in [6.45, 7) is 2.74. The Morgan fingerprint density at radius 2 is 1.83 bits per heavy atom.